The van der Waals surface area contributed by atoms with Crippen molar-refractivity contribution in [3.8, 4) is 0 Å². The highest BCUT2D eigenvalue weighted by molar-refractivity contribution is 5.75. The molecule has 0 saturated carbocycles. The van der Waals surface area contributed by atoms with Gasteiger partial charge in [0.1, 0.15) is 0 Å². The highest BCUT2D eigenvalue weighted by Crippen LogP contribution is 2.33. The van der Waals surface area contributed by atoms with Gasteiger partial charge >= 0.3 is 6.03 Å². The lowest BCUT2D eigenvalue weighted by molar-refractivity contribution is 0.00918. The van der Waals surface area contributed by atoms with E-state index in [0.29, 0.717) is 24.5 Å². The van der Waals surface area contributed by atoms with Crippen LogP contribution in [0.1, 0.15) is 20.8 Å². The Kier molecular flexibility index (Phi) is 3.10. The first-order chi connectivity index (χ1) is 7.48. The van der Waals surface area contributed by atoms with Crippen molar-refractivity contribution >= 4 is 6.03 Å². The topological polar surface area (TPSA) is 32.8 Å². The Labute approximate surface area is 97.5 Å². The molecule has 0 aromatic rings. The third kappa shape index (κ3) is 2.32. The van der Waals surface area contributed by atoms with Crippen LogP contribution in [0.15, 0.2) is 0 Å². The average Bonchev–Trinajstić information content (AvgIpc) is 2.14. The van der Waals surface area contributed by atoms with Gasteiger partial charge < -0.3 is 14.5 Å². The lowest BCUT2D eigenvalue weighted by Crippen LogP contribution is -2.59. The summed E-state index contributed by atoms with van der Waals surface area (Å²) in [5, 5.41) is 0. The van der Waals surface area contributed by atoms with Crippen LogP contribution in [0.5, 0.6) is 0 Å². The second-order valence-electron chi connectivity index (χ2n) is 5.85. The largest absolute Gasteiger partial charge is 0.378 e. The van der Waals surface area contributed by atoms with Crippen molar-refractivity contribution in [2.45, 2.75) is 20.8 Å². The molecule has 2 amide bonds. The fourth-order valence-corrected chi connectivity index (χ4v) is 2.14. The molecule has 0 aliphatic carbocycles. The molecule has 4 nitrogen and oxygen atoms in total. The molecular formula is C12H22N2O2. The molecule has 0 bridgehead atoms. The summed E-state index contributed by atoms with van der Waals surface area (Å²) in [5.74, 6) is 0.650. The second kappa shape index (κ2) is 4.24. The van der Waals surface area contributed by atoms with Crippen LogP contribution < -0.4 is 0 Å². The molecule has 16 heavy (non-hydrogen) atoms. The molecule has 2 fully saturated rings. The molecule has 2 aliphatic heterocycles. The Morgan fingerprint density at radius 2 is 1.69 bits per heavy atom. The highest BCUT2D eigenvalue weighted by atomic mass is 16.5. The van der Waals surface area contributed by atoms with Crippen molar-refractivity contribution in [2.24, 2.45) is 11.3 Å². The number of urea groups is 1. The summed E-state index contributed by atoms with van der Waals surface area (Å²) >= 11 is 0. The molecule has 2 rings (SSSR count). The summed E-state index contributed by atoms with van der Waals surface area (Å²) in [4.78, 5) is 15.9. The number of ether oxygens (including phenoxy) is 1. The van der Waals surface area contributed by atoms with Crippen molar-refractivity contribution in [2.75, 3.05) is 39.4 Å². The van der Waals surface area contributed by atoms with E-state index in [1.165, 1.54) is 0 Å². The summed E-state index contributed by atoms with van der Waals surface area (Å²) in [5.41, 5.74) is 0.321. The van der Waals surface area contributed by atoms with E-state index in [-0.39, 0.29) is 6.03 Å². The SMILES string of the molecule is CC(C)(C)C1CN(C(=O)N2CCOCC2)C1. The fraction of sp³-hybridized carbons (Fsp3) is 0.917. The van der Waals surface area contributed by atoms with E-state index in [1.54, 1.807) is 0 Å². The molecule has 0 radical (unpaired) electrons. The van der Waals surface area contributed by atoms with Gasteiger partial charge in [0.15, 0.2) is 0 Å². The van der Waals surface area contributed by atoms with E-state index in [2.05, 4.69) is 20.8 Å². The van der Waals surface area contributed by atoms with Crippen LogP contribution in [0.3, 0.4) is 0 Å². The van der Waals surface area contributed by atoms with E-state index in [4.69, 9.17) is 4.74 Å². The Balaban J connectivity index is 1.80. The Bertz CT molecular complexity index is 261. The molecule has 4 heteroatoms. The number of carbonyl (C=O) groups is 1. The quantitative estimate of drug-likeness (QED) is 0.626. The molecule has 2 heterocycles. The standard InChI is InChI=1S/C12H22N2O2/c1-12(2,3)10-8-14(9-10)11(15)13-4-6-16-7-5-13/h10H,4-9H2,1-3H3. The third-order valence-corrected chi connectivity index (χ3v) is 3.66. The number of likely N-dealkylation sites (tertiary alicyclic amines) is 1. The Hall–Kier alpha value is -0.770. The van der Waals surface area contributed by atoms with Crippen LogP contribution in [0.25, 0.3) is 0 Å². The summed E-state index contributed by atoms with van der Waals surface area (Å²) in [6, 6.07) is 0.198. The van der Waals surface area contributed by atoms with Gasteiger partial charge in [0, 0.05) is 26.2 Å². The molecule has 0 N–H and O–H groups in total. The number of hydrogen-bond acceptors (Lipinski definition) is 2. The van der Waals surface area contributed by atoms with E-state index in [9.17, 15) is 4.79 Å². The average molecular weight is 226 g/mol. The molecule has 0 unspecified atom stereocenters. The van der Waals surface area contributed by atoms with Crippen molar-refractivity contribution < 1.29 is 9.53 Å². The first-order valence-electron chi connectivity index (χ1n) is 6.10. The summed E-state index contributed by atoms with van der Waals surface area (Å²) in [7, 11) is 0. The van der Waals surface area contributed by atoms with Crippen LogP contribution in [-0.2, 0) is 4.74 Å². The molecule has 0 atom stereocenters. The number of rotatable bonds is 0. The van der Waals surface area contributed by atoms with Gasteiger partial charge in [0.25, 0.3) is 0 Å². The predicted octanol–water partition coefficient (Wildman–Crippen LogP) is 1.42. The van der Waals surface area contributed by atoms with Crippen molar-refractivity contribution in [3.63, 3.8) is 0 Å². The first kappa shape index (κ1) is 11.7. The van der Waals surface area contributed by atoms with Crippen LogP contribution in [0.2, 0.25) is 0 Å². The zero-order chi connectivity index (χ0) is 11.8. The maximum Gasteiger partial charge on any atom is 0.320 e. The van der Waals surface area contributed by atoms with E-state index in [1.807, 2.05) is 9.80 Å². The highest BCUT2D eigenvalue weighted by Gasteiger charge is 2.39. The summed E-state index contributed by atoms with van der Waals surface area (Å²) in [6.07, 6.45) is 0. The first-order valence-corrected chi connectivity index (χ1v) is 6.10. The summed E-state index contributed by atoms with van der Waals surface area (Å²) < 4.78 is 5.24. The molecule has 92 valence electrons. The molecule has 2 aliphatic rings. The van der Waals surface area contributed by atoms with Gasteiger partial charge in [-0.2, -0.15) is 0 Å². The second-order valence-corrected chi connectivity index (χ2v) is 5.85. The Morgan fingerprint density at radius 1 is 1.12 bits per heavy atom. The van der Waals surface area contributed by atoms with E-state index >= 15 is 0 Å². The number of hydrogen-bond donors (Lipinski definition) is 0. The lowest BCUT2D eigenvalue weighted by Gasteiger charge is -2.48. The van der Waals surface area contributed by atoms with Gasteiger partial charge in [-0.3, -0.25) is 0 Å². The van der Waals surface area contributed by atoms with Gasteiger partial charge in [-0.05, 0) is 11.3 Å². The Morgan fingerprint density at radius 3 is 2.19 bits per heavy atom. The smallest absolute Gasteiger partial charge is 0.320 e. The molecule has 2 saturated heterocycles. The minimum atomic E-state index is 0.198. The van der Waals surface area contributed by atoms with Crippen LogP contribution in [0.4, 0.5) is 4.79 Å². The number of carbonyl (C=O) groups excluding carboxylic acids is 1. The third-order valence-electron chi connectivity index (χ3n) is 3.66. The van der Waals surface area contributed by atoms with Gasteiger partial charge in [-0.25, -0.2) is 4.79 Å². The van der Waals surface area contributed by atoms with Gasteiger partial charge in [0.2, 0.25) is 0 Å². The summed E-state index contributed by atoms with van der Waals surface area (Å²) in [6.45, 7) is 11.4. The van der Waals surface area contributed by atoms with E-state index in [0.717, 1.165) is 26.2 Å². The predicted molar refractivity (Wildman–Crippen MR) is 62.3 cm³/mol. The molecule has 0 spiro atoms. The molecule has 0 aromatic carbocycles. The van der Waals surface area contributed by atoms with Gasteiger partial charge in [-0.15, -0.1) is 0 Å². The van der Waals surface area contributed by atoms with Crippen LogP contribution >= 0.6 is 0 Å². The maximum absolute atomic E-state index is 12.0. The van der Waals surface area contributed by atoms with Gasteiger partial charge in [-0.1, -0.05) is 20.8 Å². The lowest BCUT2D eigenvalue weighted by atomic mass is 9.76. The zero-order valence-corrected chi connectivity index (χ0v) is 10.5. The minimum absolute atomic E-state index is 0.198. The monoisotopic (exact) mass is 226 g/mol. The number of morpholine rings is 1. The molecule has 0 aromatic heterocycles. The van der Waals surface area contributed by atoms with Crippen LogP contribution in [-0.4, -0.2) is 55.2 Å². The normalized spacial score (nSPS) is 23.2. The van der Waals surface area contributed by atoms with Crippen molar-refractivity contribution in [1.82, 2.24) is 9.80 Å². The van der Waals surface area contributed by atoms with E-state index < -0.39 is 0 Å². The fourth-order valence-electron chi connectivity index (χ4n) is 2.14. The van der Waals surface area contributed by atoms with Crippen LogP contribution in [0, 0.1) is 11.3 Å². The van der Waals surface area contributed by atoms with Crippen molar-refractivity contribution in [3.05, 3.63) is 0 Å². The number of nitrogens with zero attached hydrogens (tertiary/aromatic N) is 2. The maximum atomic E-state index is 12.0. The zero-order valence-electron chi connectivity index (χ0n) is 10.5. The minimum Gasteiger partial charge on any atom is -0.378 e. The number of amides is 2. The van der Waals surface area contributed by atoms with Gasteiger partial charge in [0.05, 0.1) is 13.2 Å². The molecular weight excluding hydrogens is 204 g/mol. The van der Waals surface area contributed by atoms with Crippen molar-refractivity contribution in [1.29, 1.82) is 0 Å².